The van der Waals surface area contributed by atoms with E-state index in [4.69, 9.17) is 4.74 Å². The van der Waals surface area contributed by atoms with E-state index in [1.807, 2.05) is 18.2 Å². The lowest BCUT2D eigenvalue weighted by Crippen LogP contribution is -2.37. The van der Waals surface area contributed by atoms with E-state index in [1.54, 1.807) is 7.11 Å². The summed E-state index contributed by atoms with van der Waals surface area (Å²) in [6.45, 7) is 2.36. The van der Waals surface area contributed by atoms with Gasteiger partial charge in [-0.2, -0.15) is 0 Å². The van der Waals surface area contributed by atoms with E-state index < -0.39 is 0 Å². The zero-order valence-corrected chi connectivity index (χ0v) is 13.9. The Labute approximate surface area is 134 Å². The average Bonchev–Trinajstić information content (AvgIpc) is 2.46. The molecule has 1 aliphatic heterocycles. The van der Waals surface area contributed by atoms with Crippen LogP contribution in [0.5, 0.6) is 5.75 Å². The lowest BCUT2D eigenvalue weighted by molar-refractivity contribution is -0.125. The van der Waals surface area contributed by atoms with Crippen LogP contribution in [0.1, 0.15) is 18.4 Å². The molecule has 2 rings (SSSR count). The number of methoxy groups -OCH3 is 1. The Morgan fingerprint density at radius 2 is 2.15 bits per heavy atom. The van der Waals surface area contributed by atoms with Gasteiger partial charge in [0.15, 0.2) is 0 Å². The van der Waals surface area contributed by atoms with Gasteiger partial charge in [-0.3, -0.25) is 4.79 Å². The number of halogens is 2. The first-order valence-electron chi connectivity index (χ1n) is 6.51. The van der Waals surface area contributed by atoms with Crippen molar-refractivity contribution < 1.29 is 9.53 Å². The number of hydrogen-bond donors (Lipinski definition) is 2. The standard InChI is InChI=1S/C14H19BrN2O2.ClH/c1-19-13-3-2-12(15)8-11(13)9-17-14(18)10-4-6-16-7-5-10;/h2-3,8,10,16H,4-7,9H2,1H3,(H,17,18);1H. The summed E-state index contributed by atoms with van der Waals surface area (Å²) < 4.78 is 6.28. The maximum absolute atomic E-state index is 12.1. The van der Waals surface area contributed by atoms with Gasteiger partial charge in [0, 0.05) is 22.5 Å². The molecule has 2 N–H and O–H groups in total. The van der Waals surface area contributed by atoms with Crippen molar-refractivity contribution in [2.75, 3.05) is 20.2 Å². The van der Waals surface area contributed by atoms with E-state index in [-0.39, 0.29) is 24.2 Å². The number of rotatable bonds is 4. The van der Waals surface area contributed by atoms with Gasteiger partial charge in [0.05, 0.1) is 7.11 Å². The molecule has 0 atom stereocenters. The van der Waals surface area contributed by atoms with Gasteiger partial charge in [0.1, 0.15) is 5.75 Å². The summed E-state index contributed by atoms with van der Waals surface area (Å²) in [6.07, 6.45) is 1.84. The second-order valence-corrected chi connectivity index (χ2v) is 5.61. The number of ether oxygens (including phenoxy) is 1. The molecule has 0 bridgehead atoms. The molecule has 1 heterocycles. The van der Waals surface area contributed by atoms with Gasteiger partial charge >= 0.3 is 0 Å². The van der Waals surface area contributed by atoms with Crippen molar-refractivity contribution in [1.82, 2.24) is 10.6 Å². The molecule has 1 aliphatic rings. The summed E-state index contributed by atoms with van der Waals surface area (Å²) in [7, 11) is 1.64. The Balaban J connectivity index is 0.00000200. The van der Waals surface area contributed by atoms with Crippen LogP contribution in [0, 0.1) is 5.92 Å². The third-order valence-corrected chi connectivity index (χ3v) is 3.90. The SMILES string of the molecule is COc1ccc(Br)cc1CNC(=O)C1CCNCC1.Cl. The summed E-state index contributed by atoms with van der Waals surface area (Å²) in [4.78, 5) is 12.1. The fourth-order valence-corrected chi connectivity index (χ4v) is 2.70. The largest absolute Gasteiger partial charge is 0.496 e. The molecule has 1 fully saturated rings. The summed E-state index contributed by atoms with van der Waals surface area (Å²) in [5.41, 5.74) is 0.985. The van der Waals surface area contributed by atoms with E-state index in [0.717, 1.165) is 41.7 Å². The number of hydrogen-bond acceptors (Lipinski definition) is 3. The second kappa shape index (κ2) is 8.49. The van der Waals surface area contributed by atoms with E-state index in [1.165, 1.54) is 0 Å². The van der Waals surface area contributed by atoms with Crippen molar-refractivity contribution >= 4 is 34.2 Å². The minimum Gasteiger partial charge on any atom is -0.496 e. The molecule has 20 heavy (non-hydrogen) atoms. The summed E-state index contributed by atoms with van der Waals surface area (Å²) in [5, 5.41) is 6.27. The highest BCUT2D eigenvalue weighted by Gasteiger charge is 2.20. The van der Waals surface area contributed by atoms with Crippen LogP contribution in [0.3, 0.4) is 0 Å². The van der Waals surface area contributed by atoms with E-state index in [9.17, 15) is 4.79 Å². The lowest BCUT2D eigenvalue weighted by Gasteiger charge is -2.22. The van der Waals surface area contributed by atoms with Gasteiger partial charge in [-0.25, -0.2) is 0 Å². The fraction of sp³-hybridized carbons (Fsp3) is 0.500. The molecule has 112 valence electrons. The first-order chi connectivity index (χ1) is 9.20. The molecule has 0 saturated carbocycles. The molecular formula is C14H20BrClN2O2. The molecule has 0 unspecified atom stereocenters. The summed E-state index contributed by atoms with van der Waals surface area (Å²) in [5.74, 6) is 1.08. The number of carbonyl (C=O) groups is 1. The maximum atomic E-state index is 12.1. The van der Waals surface area contributed by atoms with Crippen LogP contribution < -0.4 is 15.4 Å². The average molecular weight is 364 g/mol. The highest BCUT2D eigenvalue weighted by molar-refractivity contribution is 9.10. The van der Waals surface area contributed by atoms with Gasteiger partial charge in [0.2, 0.25) is 5.91 Å². The van der Waals surface area contributed by atoms with Crippen LogP contribution in [0.25, 0.3) is 0 Å². The molecule has 1 amide bonds. The third-order valence-electron chi connectivity index (χ3n) is 3.41. The van der Waals surface area contributed by atoms with Crippen LogP contribution in [0.15, 0.2) is 22.7 Å². The maximum Gasteiger partial charge on any atom is 0.223 e. The van der Waals surface area contributed by atoms with Crippen LogP contribution in [0.4, 0.5) is 0 Å². The lowest BCUT2D eigenvalue weighted by atomic mass is 9.97. The van der Waals surface area contributed by atoms with Crippen LogP contribution in [0.2, 0.25) is 0 Å². The molecular weight excluding hydrogens is 344 g/mol. The molecule has 1 saturated heterocycles. The quantitative estimate of drug-likeness (QED) is 0.864. The van der Waals surface area contributed by atoms with E-state index >= 15 is 0 Å². The topological polar surface area (TPSA) is 50.4 Å². The second-order valence-electron chi connectivity index (χ2n) is 4.70. The molecule has 0 aromatic heterocycles. The highest BCUT2D eigenvalue weighted by Crippen LogP contribution is 2.23. The Kier molecular flexibility index (Phi) is 7.34. The molecule has 0 aliphatic carbocycles. The Hall–Kier alpha value is -0.780. The van der Waals surface area contributed by atoms with Crippen molar-refractivity contribution in [2.45, 2.75) is 19.4 Å². The molecule has 0 radical (unpaired) electrons. The molecule has 1 aromatic carbocycles. The smallest absolute Gasteiger partial charge is 0.223 e. The molecule has 1 aromatic rings. The number of amides is 1. The predicted octanol–water partition coefficient (Wildman–Crippen LogP) is 2.50. The van der Waals surface area contributed by atoms with Crippen molar-refractivity contribution in [2.24, 2.45) is 5.92 Å². The number of carbonyl (C=O) groups excluding carboxylic acids is 1. The van der Waals surface area contributed by atoms with Gasteiger partial charge in [-0.05, 0) is 44.1 Å². The number of piperidine rings is 1. The van der Waals surface area contributed by atoms with Gasteiger partial charge in [0.25, 0.3) is 0 Å². The number of nitrogens with one attached hydrogen (secondary N) is 2. The van der Waals surface area contributed by atoms with Crippen molar-refractivity contribution in [3.8, 4) is 5.75 Å². The van der Waals surface area contributed by atoms with E-state index in [0.29, 0.717) is 6.54 Å². The molecule has 6 heteroatoms. The first kappa shape index (κ1) is 17.3. The van der Waals surface area contributed by atoms with Crippen LogP contribution in [-0.2, 0) is 11.3 Å². The normalized spacial score (nSPS) is 15.3. The first-order valence-corrected chi connectivity index (χ1v) is 7.31. The summed E-state index contributed by atoms with van der Waals surface area (Å²) >= 11 is 3.43. The Morgan fingerprint density at radius 3 is 2.80 bits per heavy atom. The van der Waals surface area contributed by atoms with Crippen molar-refractivity contribution in [3.63, 3.8) is 0 Å². The third kappa shape index (κ3) is 4.65. The van der Waals surface area contributed by atoms with E-state index in [2.05, 4.69) is 26.6 Å². The van der Waals surface area contributed by atoms with Gasteiger partial charge in [-0.15, -0.1) is 12.4 Å². The number of benzene rings is 1. The summed E-state index contributed by atoms with van der Waals surface area (Å²) in [6, 6.07) is 5.80. The Bertz CT molecular complexity index is 451. The minimum atomic E-state index is 0. The van der Waals surface area contributed by atoms with Crippen molar-refractivity contribution in [1.29, 1.82) is 0 Å². The van der Waals surface area contributed by atoms with Gasteiger partial charge < -0.3 is 15.4 Å². The monoisotopic (exact) mass is 362 g/mol. The minimum absolute atomic E-state index is 0. The predicted molar refractivity (Wildman–Crippen MR) is 85.4 cm³/mol. The highest BCUT2D eigenvalue weighted by atomic mass is 79.9. The van der Waals surface area contributed by atoms with Crippen molar-refractivity contribution in [3.05, 3.63) is 28.2 Å². The van der Waals surface area contributed by atoms with Gasteiger partial charge in [-0.1, -0.05) is 15.9 Å². The zero-order chi connectivity index (χ0) is 13.7. The fourth-order valence-electron chi connectivity index (χ4n) is 2.30. The molecule has 4 nitrogen and oxygen atoms in total. The Morgan fingerprint density at radius 1 is 1.45 bits per heavy atom. The molecule has 0 spiro atoms. The zero-order valence-electron chi connectivity index (χ0n) is 11.4. The van der Waals surface area contributed by atoms with Crippen LogP contribution in [-0.4, -0.2) is 26.1 Å². The van der Waals surface area contributed by atoms with Crippen LogP contribution >= 0.6 is 28.3 Å².